The summed E-state index contributed by atoms with van der Waals surface area (Å²) in [5.74, 6) is -1.13. The summed E-state index contributed by atoms with van der Waals surface area (Å²) in [7, 11) is 0. The summed E-state index contributed by atoms with van der Waals surface area (Å²) in [5.41, 5.74) is 6.03. The highest BCUT2D eigenvalue weighted by molar-refractivity contribution is 6.27. The fourth-order valence-corrected chi connectivity index (χ4v) is 1.48. The van der Waals surface area contributed by atoms with Crippen LogP contribution in [0.3, 0.4) is 0 Å². The molecule has 0 radical (unpaired) electrons. The van der Waals surface area contributed by atoms with E-state index in [4.69, 9.17) is 17.3 Å². The number of hydrogen-bond acceptors (Lipinski definition) is 2. The van der Waals surface area contributed by atoms with Crippen molar-refractivity contribution < 1.29 is 9.59 Å². The maximum Gasteiger partial charge on any atom is 0.244 e. The van der Waals surface area contributed by atoms with Crippen LogP contribution in [0.1, 0.15) is 12.8 Å². The summed E-state index contributed by atoms with van der Waals surface area (Å²) in [6.45, 7) is 0. The molecule has 15 heavy (non-hydrogen) atoms. The third-order valence-electron chi connectivity index (χ3n) is 2.12. The number of carbonyl (C=O) groups is 2. The minimum Gasteiger partial charge on any atom is -0.368 e. The van der Waals surface area contributed by atoms with Crippen LogP contribution in [0.4, 0.5) is 0 Å². The molecule has 0 saturated carbocycles. The molecule has 0 fully saturated rings. The Morgan fingerprint density at radius 3 is 2.73 bits per heavy atom. The molecule has 0 aromatic rings. The Labute approximate surface area is 93.2 Å². The molecule has 2 amide bonds. The Balaban J connectivity index is 2.69. The van der Waals surface area contributed by atoms with Crippen molar-refractivity contribution in [2.45, 2.75) is 18.9 Å². The summed E-state index contributed by atoms with van der Waals surface area (Å²) in [6.07, 6.45) is 7.22. The number of primary amides is 1. The molecule has 82 valence electrons. The van der Waals surface area contributed by atoms with Gasteiger partial charge in [0.2, 0.25) is 11.8 Å². The zero-order valence-electron chi connectivity index (χ0n) is 8.20. The fourth-order valence-electron chi connectivity index (χ4n) is 1.40. The van der Waals surface area contributed by atoms with Gasteiger partial charge in [0, 0.05) is 0 Å². The van der Waals surface area contributed by atoms with Crippen molar-refractivity contribution in [3.63, 3.8) is 0 Å². The Morgan fingerprint density at radius 1 is 1.53 bits per heavy atom. The Bertz CT molecular complexity index is 323. The van der Waals surface area contributed by atoms with Crippen LogP contribution < -0.4 is 11.1 Å². The second kappa shape index (κ2) is 5.56. The Morgan fingerprint density at radius 2 is 2.27 bits per heavy atom. The first-order valence-electron chi connectivity index (χ1n) is 4.63. The molecule has 3 N–H and O–H groups in total. The molecular formula is C10H13ClN2O2. The van der Waals surface area contributed by atoms with E-state index in [1.165, 1.54) is 0 Å². The Hall–Kier alpha value is -1.29. The number of carbonyl (C=O) groups excluding carboxylic acids is 2. The van der Waals surface area contributed by atoms with E-state index in [2.05, 4.69) is 5.32 Å². The van der Waals surface area contributed by atoms with Crippen LogP contribution in [0.15, 0.2) is 23.8 Å². The maximum atomic E-state index is 11.1. The zero-order valence-corrected chi connectivity index (χ0v) is 8.96. The molecule has 0 saturated heterocycles. The van der Waals surface area contributed by atoms with Crippen molar-refractivity contribution in [3.8, 4) is 0 Å². The minimum absolute atomic E-state index is 0.174. The second-order valence-corrected chi connectivity index (χ2v) is 3.49. The van der Waals surface area contributed by atoms with E-state index in [1.54, 1.807) is 0 Å². The SMILES string of the molecule is NC(=O)C(NC(=O)CCl)C1=CCC=CC1. The van der Waals surface area contributed by atoms with Gasteiger partial charge in [-0.05, 0) is 18.4 Å². The Kier molecular flexibility index (Phi) is 4.37. The van der Waals surface area contributed by atoms with E-state index in [-0.39, 0.29) is 5.88 Å². The number of alkyl halides is 1. The number of amides is 2. The van der Waals surface area contributed by atoms with Crippen molar-refractivity contribution in [3.05, 3.63) is 23.8 Å². The minimum atomic E-state index is -0.735. The quantitative estimate of drug-likeness (QED) is 0.543. The van der Waals surface area contributed by atoms with Gasteiger partial charge in [-0.3, -0.25) is 9.59 Å². The van der Waals surface area contributed by atoms with E-state index < -0.39 is 17.9 Å². The van der Waals surface area contributed by atoms with E-state index in [1.807, 2.05) is 18.2 Å². The molecule has 0 aromatic heterocycles. The number of hydrogen-bond donors (Lipinski definition) is 2. The van der Waals surface area contributed by atoms with Crippen molar-refractivity contribution >= 4 is 23.4 Å². The molecule has 4 nitrogen and oxygen atoms in total. The monoisotopic (exact) mass is 228 g/mol. The molecule has 5 heteroatoms. The van der Waals surface area contributed by atoms with Crippen molar-refractivity contribution in [1.29, 1.82) is 0 Å². The summed E-state index contributed by atoms with van der Waals surface area (Å²) < 4.78 is 0. The van der Waals surface area contributed by atoms with Gasteiger partial charge in [-0.15, -0.1) is 11.6 Å². The number of rotatable bonds is 4. The van der Waals surface area contributed by atoms with Crippen LogP contribution in [0.25, 0.3) is 0 Å². The first kappa shape index (κ1) is 11.8. The van der Waals surface area contributed by atoms with Crippen molar-refractivity contribution in [1.82, 2.24) is 5.32 Å². The number of nitrogens with one attached hydrogen (secondary N) is 1. The first-order valence-corrected chi connectivity index (χ1v) is 5.17. The van der Waals surface area contributed by atoms with E-state index in [0.717, 1.165) is 12.0 Å². The molecule has 1 atom stereocenters. The number of allylic oxidation sites excluding steroid dienone is 3. The fraction of sp³-hybridized carbons (Fsp3) is 0.400. The van der Waals surface area contributed by atoms with E-state index in [9.17, 15) is 9.59 Å². The van der Waals surface area contributed by atoms with Crippen LogP contribution in [0, 0.1) is 0 Å². The summed E-state index contributed by atoms with van der Waals surface area (Å²) in [4.78, 5) is 22.2. The van der Waals surface area contributed by atoms with Gasteiger partial charge in [0.1, 0.15) is 11.9 Å². The number of halogens is 1. The smallest absolute Gasteiger partial charge is 0.244 e. The van der Waals surface area contributed by atoms with Crippen LogP contribution in [-0.4, -0.2) is 23.7 Å². The summed E-state index contributed by atoms with van der Waals surface area (Å²) >= 11 is 5.34. The average Bonchev–Trinajstić information content (AvgIpc) is 2.26. The highest BCUT2D eigenvalue weighted by Gasteiger charge is 2.21. The van der Waals surface area contributed by atoms with Gasteiger partial charge in [-0.2, -0.15) is 0 Å². The molecule has 0 spiro atoms. The van der Waals surface area contributed by atoms with Crippen LogP contribution >= 0.6 is 11.6 Å². The van der Waals surface area contributed by atoms with Gasteiger partial charge in [0.05, 0.1) is 0 Å². The lowest BCUT2D eigenvalue weighted by Gasteiger charge is -2.19. The lowest BCUT2D eigenvalue weighted by atomic mass is 9.98. The largest absolute Gasteiger partial charge is 0.368 e. The van der Waals surface area contributed by atoms with Gasteiger partial charge in [0.15, 0.2) is 0 Å². The summed E-state index contributed by atoms with van der Waals surface area (Å²) in [6, 6.07) is -0.735. The van der Waals surface area contributed by atoms with Crippen molar-refractivity contribution in [2.24, 2.45) is 5.73 Å². The zero-order chi connectivity index (χ0) is 11.3. The molecule has 0 bridgehead atoms. The number of nitrogens with two attached hydrogens (primary N) is 1. The average molecular weight is 229 g/mol. The molecule has 0 heterocycles. The van der Waals surface area contributed by atoms with Crippen LogP contribution in [0.2, 0.25) is 0 Å². The molecule has 1 aliphatic rings. The predicted octanol–water partition coefficient (Wildman–Crippen LogP) is 0.472. The first-order chi connectivity index (χ1) is 7.15. The maximum absolute atomic E-state index is 11.1. The van der Waals surface area contributed by atoms with E-state index in [0.29, 0.717) is 6.42 Å². The predicted molar refractivity (Wildman–Crippen MR) is 58.3 cm³/mol. The highest BCUT2D eigenvalue weighted by Crippen LogP contribution is 2.14. The molecule has 1 aliphatic carbocycles. The molecule has 1 unspecified atom stereocenters. The van der Waals surface area contributed by atoms with Crippen LogP contribution in [0.5, 0.6) is 0 Å². The third-order valence-corrected chi connectivity index (χ3v) is 2.36. The van der Waals surface area contributed by atoms with E-state index >= 15 is 0 Å². The summed E-state index contributed by atoms with van der Waals surface area (Å²) in [5, 5.41) is 2.49. The highest BCUT2D eigenvalue weighted by atomic mass is 35.5. The topological polar surface area (TPSA) is 72.2 Å². The lowest BCUT2D eigenvalue weighted by Crippen LogP contribution is -2.46. The van der Waals surface area contributed by atoms with Gasteiger partial charge in [-0.1, -0.05) is 18.2 Å². The van der Waals surface area contributed by atoms with Crippen LogP contribution in [-0.2, 0) is 9.59 Å². The normalized spacial score (nSPS) is 16.7. The molecular weight excluding hydrogens is 216 g/mol. The molecule has 0 aromatic carbocycles. The standard InChI is InChI=1S/C10H13ClN2O2/c11-6-8(14)13-9(10(12)15)7-4-2-1-3-5-7/h1-2,5,9H,3-4,6H2,(H2,12,15)(H,13,14). The van der Waals surface area contributed by atoms with Gasteiger partial charge >= 0.3 is 0 Å². The van der Waals surface area contributed by atoms with Gasteiger partial charge < -0.3 is 11.1 Å². The van der Waals surface area contributed by atoms with Gasteiger partial charge in [0.25, 0.3) is 0 Å². The van der Waals surface area contributed by atoms with Gasteiger partial charge in [-0.25, -0.2) is 0 Å². The molecule has 0 aliphatic heterocycles. The molecule has 1 rings (SSSR count). The second-order valence-electron chi connectivity index (χ2n) is 3.23. The van der Waals surface area contributed by atoms with Crippen molar-refractivity contribution in [2.75, 3.05) is 5.88 Å². The third kappa shape index (κ3) is 3.40. The lowest BCUT2D eigenvalue weighted by molar-refractivity contribution is -0.125.